The summed E-state index contributed by atoms with van der Waals surface area (Å²) >= 11 is 0. The Bertz CT molecular complexity index is 1300. The van der Waals surface area contributed by atoms with E-state index in [1.807, 2.05) is 13.0 Å². The molecule has 11 heteroatoms. The molecule has 0 bridgehead atoms. The van der Waals surface area contributed by atoms with Crippen LogP contribution in [0.15, 0.2) is 53.3 Å². The van der Waals surface area contributed by atoms with Gasteiger partial charge in [-0.05, 0) is 42.8 Å². The van der Waals surface area contributed by atoms with Gasteiger partial charge in [0.2, 0.25) is 17.8 Å². The Hall–Kier alpha value is -4.15. The molecule has 2 aromatic carbocycles. The first-order valence-electron chi connectivity index (χ1n) is 9.86. The van der Waals surface area contributed by atoms with Crippen LogP contribution in [0.2, 0.25) is 0 Å². The van der Waals surface area contributed by atoms with E-state index in [0.29, 0.717) is 5.69 Å². The number of carbonyl (C=O) groups excluding carboxylic acids is 2. The van der Waals surface area contributed by atoms with Crippen molar-refractivity contribution in [3.05, 3.63) is 75.6 Å². The third kappa shape index (κ3) is 4.86. The van der Waals surface area contributed by atoms with Gasteiger partial charge in [-0.1, -0.05) is 18.2 Å². The van der Waals surface area contributed by atoms with E-state index in [1.54, 1.807) is 18.2 Å². The molecular weight excluding hydrogens is 439 g/mol. The number of amides is 2. The van der Waals surface area contributed by atoms with Crippen LogP contribution in [0, 0.1) is 6.92 Å². The van der Waals surface area contributed by atoms with Crippen LogP contribution < -0.4 is 21.5 Å². The fourth-order valence-corrected chi connectivity index (χ4v) is 3.52. The minimum absolute atomic E-state index is 0.0313. The lowest BCUT2D eigenvalue weighted by Gasteiger charge is -2.23. The van der Waals surface area contributed by atoms with Gasteiger partial charge in [-0.15, -0.1) is 0 Å². The number of anilines is 4. The number of nitrogens with zero attached hydrogens (tertiary/aromatic N) is 1. The molecule has 0 saturated carbocycles. The minimum atomic E-state index is -4.54. The Morgan fingerprint density at radius 2 is 1.82 bits per heavy atom. The summed E-state index contributed by atoms with van der Waals surface area (Å²) in [5.41, 5.74) is -0.148. The molecule has 2 heterocycles. The number of alkyl halides is 3. The molecule has 0 fully saturated rings. The maximum atomic E-state index is 12.9. The predicted octanol–water partition coefficient (Wildman–Crippen LogP) is 3.91. The molecular formula is C22H18F3N5O3. The first-order valence-corrected chi connectivity index (χ1v) is 9.86. The molecule has 0 radical (unpaired) electrons. The van der Waals surface area contributed by atoms with Gasteiger partial charge in [0.15, 0.2) is 0 Å². The van der Waals surface area contributed by atoms with Crippen LogP contribution in [0.25, 0.3) is 0 Å². The van der Waals surface area contributed by atoms with Crippen LogP contribution in [0.4, 0.5) is 36.3 Å². The summed E-state index contributed by atoms with van der Waals surface area (Å²) in [7, 11) is 0. The molecule has 2 amide bonds. The highest BCUT2D eigenvalue weighted by Gasteiger charge is 2.35. The van der Waals surface area contributed by atoms with Gasteiger partial charge in [0.05, 0.1) is 17.0 Å². The first-order chi connectivity index (χ1) is 15.6. The summed E-state index contributed by atoms with van der Waals surface area (Å²) < 4.78 is 38.8. The summed E-state index contributed by atoms with van der Waals surface area (Å²) in [5, 5.41) is 7.74. The molecule has 1 aliphatic rings. The molecule has 170 valence electrons. The van der Waals surface area contributed by atoms with Crippen LogP contribution in [0.5, 0.6) is 0 Å². The van der Waals surface area contributed by atoms with E-state index in [0.717, 1.165) is 17.7 Å². The van der Waals surface area contributed by atoms with Gasteiger partial charge in [0, 0.05) is 17.8 Å². The Kier molecular flexibility index (Phi) is 5.62. The number of hydrogen-bond acceptors (Lipinski definition) is 5. The summed E-state index contributed by atoms with van der Waals surface area (Å²) in [5.74, 6) is -2.47. The molecule has 1 atom stereocenters. The second-order valence-corrected chi connectivity index (χ2v) is 7.54. The summed E-state index contributed by atoms with van der Waals surface area (Å²) in [4.78, 5) is 44.4. The highest BCUT2D eigenvalue weighted by molar-refractivity contribution is 6.04. The standard InChI is InChI=1S/C22H18F3N5O3/c1-11-4-2-6-13(8-11)26-19(32)15-10-16(31)28-18-17(15)20(33)30-21(29-18)27-14-7-3-5-12(9-14)22(23,24)25/h2-9,15H,10H2,1H3,(H,26,32)(H3,27,28,29,30,31,33)/t15-/m1/s1. The van der Waals surface area contributed by atoms with E-state index in [-0.39, 0.29) is 29.4 Å². The Balaban J connectivity index is 1.63. The van der Waals surface area contributed by atoms with Gasteiger partial charge in [0.1, 0.15) is 5.82 Å². The number of carbonyl (C=O) groups is 2. The molecule has 1 aromatic heterocycles. The van der Waals surface area contributed by atoms with Crippen molar-refractivity contribution in [2.75, 3.05) is 16.0 Å². The van der Waals surface area contributed by atoms with Crippen LogP contribution >= 0.6 is 0 Å². The van der Waals surface area contributed by atoms with E-state index in [9.17, 15) is 27.6 Å². The van der Waals surface area contributed by atoms with E-state index in [2.05, 4.69) is 25.9 Å². The predicted molar refractivity (Wildman–Crippen MR) is 115 cm³/mol. The van der Waals surface area contributed by atoms with Gasteiger partial charge in [-0.3, -0.25) is 19.4 Å². The van der Waals surface area contributed by atoms with Crippen molar-refractivity contribution in [1.82, 2.24) is 9.97 Å². The number of aromatic amines is 1. The molecule has 0 unspecified atom stereocenters. The number of hydrogen-bond donors (Lipinski definition) is 4. The number of aromatic nitrogens is 2. The molecule has 4 rings (SSSR count). The average Bonchev–Trinajstić information content (AvgIpc) is 2.72. The fraction of sp³-hybridized carbons (Fsp3) is 0.182. The van der Waals surface area contributed by atoms with Crippen LogP contribution in [-0.2, 0) is 15.8 Å². The first kappa shape index (κ1) is 22.1. The molecule has 0 aliphatic carbocycles. The zero-order valence-electron chi connectivity index (χ0n) is 17.2. The van der Waals surface area contributed by atoms with Crippen molar-refractivity contribution in [3.8, 4) is 0 Å². The van der Waals surface area contributed by atoms with Gasteiger partial charge < -0.3 is 16.0 Å². The SMILES string of the molecule is Cc1cccc(NC(=O)[C@@H]2CC(=O)Nc3nc(Nc4cccc(C(F)(F)F)c4)[nH]c(=O)c32)c1. The lowest BCUT2D eigenvalue weighted by molar-refractivity contribution is -0.137. The summed E-state index contributed by atoms with van der Waals surface area (Å²) in [6, 6.07) is 11.4. The topological polar surface area (TPSA) is 116 Å². The van der Waals surface area contributed by atoms with E-state index in [4.69, 9.17) is 0 Å². The van der Waals surface area contributed by atoms with E-state index < -0.39 is 35.0 Å². The average molecular weight is 457 g/mol. The van der Waals surface area contributed by atoms with E-state index in [1.165, 1.54) is 12.1 Å². The van der Waals surface area contributed by atoms with Crippen molar-refractivity contribution in [1.29, 1.82) is 0 Å². The van der Waals surface area contributed by atoms with Crippen molar-refractivity contribution < 1.29 is 22.8 Å². The Morgan fingerprint density at radius 1 is 1.09 bits per heavy atom. The maximum absolute atomic E-state index is 12.9. The second-order valence-electron chi connectivity index (χ2n) is 7.54. The van der Waals surface area contributed by atoms with Gasteiger partial charge in [-0.2, -0.15) is 18.2 Å². The third-order valence-electron chi connectivity index (χ3n) is 5.01. The van der Waals surface area contributed by atoms with Gasteiger partial charge in [0.25, 0.3) is 5.56 Å². The maximum Gasteiger partial charge on any atom is 0.416 e. The lowest BCUT2D eigenvalue weighted by atomic mass is 9.92. The monoisotopic (exact) mass is 457 g/mol. The second kappa shape index (κ2) is 8.41. The molecule has 4 N–H and O–H groups in total. The number of halogens is 3. The highest BCUT2D eigenvalue weighted by Crippen LogP contribution is 2.32. The number of fused-ring (bicyclic) bond motifs is 1. The fourth-order valence-electron chi connectivity index (χ4n) is 3.52. The number of nitrogens with one attached hydrogen (secondary N) is 4. The van der Waals surface area contributed by atoms with Crippen LogP contribution in [0.1, 0.15) is 29.0 Å². The molecule has 0 spiro atoms. The largest absolute Gasteiger partial charge is 0.416 e. The van der Waals surface area contributed by atoms with Crippen LogP contribution in [0.3, 0.4) is 0 Å². The highest BCUT2D eigenvalue weighted by atomic mass is 19.4. The van der Waals surface area contributed by atoms with Crippen LogP contribution in [-0.4, -0.2) is 21.8 Å². The number of H-pyrrole nitrogens is 1. The van der Waals surface area contributed by atoms with Crippen molar-refractivity contribution in [2.45, 2.75) is 25.4 Å². The third-order valence-corrected chi connectivity index (χ3v) is 5.01. The van der Waals surface area contributed by atoms with E-state index >= 15 is 0 Å². The molecule has 1 aliphatic heterocycles. The van der Waals surface area contributed by atoms with Crippen molar-refractivity contribution in [3.63, 3.8) is 0 Å². The number of rotatable bonds is 4. The Morgan fingerprint density at radius 3 is 2.55 bits per heavy atom. The molecule has 0 saturated heterocycles. The van der Waals surface area contributed by atoms with Gasteiger partial charge >= 0.3 is 6.18 Å². The summed E-state index contributed by atoms with van der Waals surface area (Å²) in [6.07, 6.45) is -4.80. The van der Waals surface area contributed by atoms with Gasteiger partial charge in [-0.25, -0.2) is 0 Å². The molecule has 8 nitrogen and oxygen atoms in total. The number of aryl methyl sites for hydroxylation is 1. The zero-order chi connectivity index (χ0) is 23.8. The number of benzene rings is 2. The minimum Gasteiger partial charge on any atom is -0.326 e. The van der Waals surface area contributed by atoms with Crippen molar-refractivity contribution >= 4 is 35.0 Å². The van der Waals surface area contributed by atoms with Crippen molar-refractivity contribution in [2.24, 2.45) is 0 Å². The Labute approximate surface area is 185 Å². The smallest absolute Gasteiger partial charge is 0.326 e. The molecule has 33 heavy (non-hydrogen) atoms. The molecule has 3 aromatic rings. The summed E-state index contributed by atoms with van der Waals surface area (Å²) in [6.45, 7) is 1.85. The lowest BCUT2D eigenvalue weighted by Crippen LogP contribution is -2.36. The zero-order valence-corrected chi connectivity index (χ0v) is 17.2. The normalized spacial score (nSPS) is 15.4. The quantitative estimate of drug-likeness (QED) is 0.474.